The summed E-state index contributed by atoms with van der Waals surface area (Å²) in [6, 6.07) is 13.6. The van der Waals surface area contributed by atoms with E-state index in [-0.39, 0.29) is 11.9 Å². The van der Waals surface area contributed by atoms with E-state index in [4.69, 9.17) is 4.74 Å². The van der Waals surface area contributed by atoms with Gasteiger partial charge >= 0.3 is 5.97 Å². The zero-order chi connectivity index (χ0) is 22.5. The van der Waals surface area contributed by atoms with Crippen molar-refractivity contribution in [2.75, 3.05) is 50.1 Å². The molecule has 0 unspecified atom stereocenters. The monoisotopic (exact) mass is 450 g/mol. The number of methoxy groups -OCH3 is 1. The molecule has 1 amide bonds. The molecule has 2 aromatic heterocycles. The smallest absolute Gasteiger partial charge is 0.319 e. The van der Waals surface area contributed by atoms with Gasteiger partial charge in [-0.05, 0) is 54.8 Å². The molecule has 8 heteroatoms. The van der Waals surface area contributed by atoms with E-state index in [9.17, 15) is 9.59 Å². The van der Waals surface area contributed by atoms with Crippen molar-refractivity contribution in [2.45, 2.75) is 6.92 Å². The summed E-state index contributed by atoms with van der Waals surface area (Å²) in [6.07, 6.45) is 0. The van der Waals surface area contributed by atoms with Crippen molar-refractivity contribution in [3.63, 3.8) is 0 Å². The van der Waals surface area contributed by atoms with Crippen molar-refractivity contribution >= 4 is 34.6 Å². The number of aromatic nitrogens is 1. The molecule has 0 saturated carbocycles. The fourth-order valence-electron chi connectivity index (χ4n) is 3.74. The SMILES string of the molecule is COC(=O)CN1CCN(c2ccc(NC(=O)c3ccc(-c4ccsc4)nc3C)cc2)CC1. The molecular formula is C24H26N4O3S. The molecule has 7 nitrogen and oxygen atoms in total. The molecule has 166 valence electrons. The number of piperazine rings is 1. The van der Waals surface area contributed by atoms with Crippen LogP contribution in [0.5, 0.6) is 0 Å². The predicted octanol–water partition coefficient (Wildman–Crippen LogP) is 3.67. The highest BCUT2D eigenvalue weighted by Crippen LogP contribution is 2.23. The first kappa shape index (κ1) is 22.0. The zero-order valence-electron chi connectivity index (χ0n) is 18.2. The van der Waals surface area contributed by atoms with Crippen LogP contribution >= 0.6 is 11.3 Å². The van der Waals surface area contributed by atoms with Crippen molar-refractivity contribution < 1.29 is 14.3 Å². The molecule has 1 saturated heterocycles. The molecule has 4 rings (SSSR count). The third-order valence-corrected chi connectivity index (χ3v) is 6.27. The van der Waals surface area contributed by atoms with Crippen LogP contribution in [0.2, 0.25) is 0 Å². The van der Waals surface area contributed by atoms with Crippen molar-refractivity contribution in [1.82, 2.24) is 9.88 Å². The van der Waals surface area contributed by atoms with E-state index in [0.717, 1.165) is 48.8 Å². The average molecular weight is 451 g/mol. The quantitative estimate of drug-likeness (QED) is 0.578. The second-order valence-corrected chi connectivity index (χ2v) is 8.46. The van der Waals surface area contributed by atoms with Gasteiger partial charge in [0.2, 0.25) is 0 Å². The number of carbonyl (C=O) groups excluding carboxylic acids is 2. The Bertz CT molecular complexity index is 1080. The Balaban J connectivity index is 1.35. The van der Waals surface area contributed by atoms with Gasteiger partial charge < -0.3 is 15.0 Å². The normalized spacial score (nSPS) is 14.2. The molecule has 3 aromatic rings. The van der Waals surface area contributed by atoms with Gasteiger partial charge in [-0.1, -0.05) is 0 Å². The standard InChI is InChI=1S/C24H26N4O3S/c1-17-21(7-8-22(25-17)18-9-14-32-16-18)24(30)26-19-3-5-20(6-4-19)28-12-10-27(11-13-28)15-23(29)31-2/h3-9,14,16H,10-13,15H2,1-2H3,(H,26,30). The van der Waals surface area contributed by atoms with Crippen LogP contribution in [0, 0.1) is 6.92 Å². The number of hydrogen-bond acceptors (Lipinski definition) is 7. The number of anilines is 2. The first-order valence-corrected chi connectivity index (χ1v) is 11.4. The molecule has 1 aliphatic rings. The van der Waals surface area contributed by atoms with Crippen LogP contribution in [0.25, 0.3) is 11.3 Å². The highest BCUT2D eigenvalue weighted by Gasteiger charge is 2.19. The lowest BCUT2D eigenvalue weighted by atomic mass is 10.1. The van der Waals surface area contributed by atoms with Gasteiger partial charge in [0.15, 0.2) is 0 Å². The van der Waals surface area contributed by atoms with Crippen LogP contribution in [0.1, 0.15) is 16.1 Å². The topological polar surface area (TPSA) is 74.8 Å². The Morgan fingerprint density at radius 1 is 1.06 bits per heavy atom. The molecule has 32 heavy (non-hydrogen) atoms. The van der Waals surface area contributed by atoms with Crippen LogP contribution in [-0.4, -0.2) is 61.6 Å². The van der Waals surface area contributed by atoms with E-state index in [1.165, 1.54) is 7.11 Å². The highest BCUT2D eigenvalue weighted by molar-refractivity contribution is 7.08. The van der Waals surface area contributed by atoms with Crippen molar-refractivity contribution in [2.24, 2.45) is 0 Å². The maximum absolute atomic E-state index is 12.8. The van der Waals surface area contributed by atoms with Gasteiger partial charge in [0.1, 0.15) is 0 Å². The van der Waals surface area contributed by atoms with E-state index < -0.39 is 0 Å². The maximum atomic E-state index is 12.8. The van der Waals surface area contributed by atoms with Crippen LogP contribution in [0.3, 0.4) is 0 Å². The summed E-state index contributed by atoms with van der Waals surface area (Å²) in [5.41, 5.74) is 5.04. The molecule has 0 bridgehead atoms. The Morgan fingerprint density at radius 3 is 2.44 bits per heavy atom. The summed E-state index contributed by atoms with van der Waals surface area (Å²) in [7, 11) is 1.41. The van der Waals surface area contributed by atoms with Gasteiger partial charge in [0.05, 0.1) is 30.6 Å². The maximum Gasteiger partial charge on any atom is 0.319 e. The molecule has 0 spiro atoms. The molecule has 0 atom stereocenters. The van der Waals surface area contributed by atoms with Gasteiger partial charge in [-0.3, -0.25) is 19.5 Å². The van der Waals surface area contributed by atoms with Crippen LogP contribution in [0.4, 0.5) is 11.4 Å². The van der Waals surface area contributed by atoms with E-state index in [2.05, 4.69) is 20.1 Å². The number of rotatable bonds is 6. The fraction of sp³-hybridized carbons (Fsp3) is 0.292. The number of carbonyl (C=O) groups is 2. The minimum absolute atomic E-state index is 0.170. The zero-order valence-corrected chi connectivity index (χ0v) is 19.0. The lowest BCUT2D eigenvalue weighted by Crippen LogP contribution is -2.48. The lowest BCUT2D eigenvalue weighted by Gasteiger charge is -2.35. The third kappa shape index (κ3) is 5.15. The molecule has 1 N–H and O–H groups in total. The number of amides is 1. The third-order valence-electron chi connectivity index (χ3n) is 5.59. The number of hydrogen-bond donors (Lipinski definition) is 1. The summed E-state index contributed by atoms with van der Waals surface area (Å²) in [5.74, 6) is -0.374. The molecule has 1 aliphatic heterocycles. The second kappa shape index (κ2) is 9.93. The molecule has 3 heterocycles. The van der Waals surface area contributed by atoms with Gasteiger partial charge in [-0.25, -0.2) is 0 Å². The second-order valence-electron chi connectivity index (χ2n) is 7.68. The molecular weight excluding hydrogens is 424 g/mol. The van der Waals surface area contributed by atoms with Gasteiger partial charge in [0.25, 0.3) is 5.91 Å². The lowest BCUT2D eigenvalue weighted by molar-refractivity contribution is -0.142. The number of esters is 1. The molecule has 0 aliphatic carbocycles. The summed E-state index contributed by atoms with van der Waals surface area (Å²) < 4.78 is 4.74. The number of thiophene rings is 1. The van der Waals surface area contributed by atoms with Crippen LogP contribution in [0.15, 0.2) is 53.2 Å². The van der Waals surface area contributed by atoms with E-state index >= 15 is 0 Å². The summed E-state index contributed by atoms with van der Waals surface area (Å²) in [5, 5.41) is 7.02. The van der Waals surface area contributed by atoms with Crippen LogP contribution < -0.4 is 10.2 Å². The molecule has 1 aromatic carbocycles. The minimum atomic E-state index is -0.204. The minimum Gasteiger partial charge on any atom is -0.468 e. The fourth-order valence-corrected chi connectivity index (χ4v) is 4.39. The van der Waals surface area contributed by atoms with E-state index in [0.29, 0.717) is 17.8 Å². The number of nitrogens with one attached hydrogen (secondary N) is 1. The predicted molar refractivity (Wildman–Crippen MR) is 127 cm³/mol. The number of nitrogens with zero attached hydrogens (tertiary/aromatic N) is 3. The molecule has 0 radical (unpaired) electrons. The van der Waals surface area contributed by atoms with Gasteiger partial charge in [-0.2, -0.15) is 11.3 Å². The number of ether oxygens (including phenoxy) is 1. The van der Waals surface area contributed by atoms with E-state index in [1.807, 2.05) is 60.1 Å². The average Bonchev–Trinajstić information content (AvgIpc) is 3.35. The first-order valence-electron chi connectivity index (χ1n) is 10.5. The number of aryl methyl sites for hydroxylation is 1. The Labute approximate surface area is 191 Å². The summed E-state index contributed by atoms with van der Waals surface area (Å²) in [4.78, 5) is 33.2. The van der Waals surface area contributed by atoms with Crippen molar-refractivity contribution in [1.29, 1.82) is 0 Å². The summed E-state index contributed by atoms with van der Waals surface area (Å²) in [6.45, 7) is 5.47. The Morgan fingerprint density at radius 2 is 1.81 bits per heavy atom. The number of benzene rings is 1. The largest absolute Gasteiger partial charge is 0.468 e. The summed E-state index contributed by atoms with van der Waals surface area (Å²) >= 11 is 1.62. The Hall–Kier alpha value is -3.23. The number of pyridine rings is 1. The Kier molecular flexibility index (Phi) is 6.82. The van der Waals surface area contributed by atoms with Crippen molar-refractivity contribution in [3.05, 3.63) is 64.5 Å². The van der Waals surface area contributed by atoms with Crippen LogP contribution in [-0.2, 0) is 9.53 Å². The van der Waals surface area contributed by atoms with Gasteiger partial charge in [-0.15, -0.1) is 0 Å². The first-order chi connectivity index (χ1) is 15.5. The van der Waals surface area contributed by atoms with Gasteiger partial charge in [0, 0.05) is 48.5 Å². The van der Waals surface area contributed by atoms with Crippen molar-refractivity contribution in [3.8, 4) is 11.3 Å². The van der Waals surface area contributed by atoms with E-state index in [1.54, 1.807) is 11.3 Å². The molecule has 1 fully saturated rings. The highest BCUT2D eigenvalue weighted by atomic mass is 32.1.